The summed E-state index contributed by atoms with van der Waals surface area (Å²) in [5.74, 6) is 0.640. The fourth-order valence-electron chi connectivity index (χ4n) is 2.82. The first-order chi connectivity index (χ1) is 11.6. The van der Waals surface area contributed by atoms with Gasteiger partial charge >= 0.3 is 0 Å². The van der Waals surface area contributed by atoms with Crippen molar-refractivity contribution < 1.29 is 14.3 Å². The number of hydrogen-bond acceptors (Lipinski definition) is 3. The Hall–Kier alpha value is -2.33. The molecule has 1 aliphatic rings. The third-order valence-corrected chi connectivity index (χ3v) is 4.21. The van der Waals surface area contributed by atoms with Crippen molar-refractivity contribution in [2.24, 2.45) is 0 Å². The van der Waals surface area contributed by atoms with Gasteiger partial charge in [-0.15, -0.1) is 0 Å². The maximum Gasteiger partial charge on any atom is 0.255 e. The van der Waals surface area contributed by atoms with Crippen molar-refractivity contribution in [3.63, 3.8) is 0 Å². The molecule has 1 saturated heterocycles. The number of anilines is 1. The average molecular weight is 325 g/mol. The number of aryl methyl sites for hydroxylation is 2. The van der Waals surface area contributed by atoms with E-state index in [1.54, 1.807) is 12.1 Å². The molecular weight excluding hydrogens is 302 g/mol. The molecule has 1 atom stereocenters. The van der Waals surface area contributed by atoms with Crippen molar-refractivity contribution in [1.29, 1.82) is 0 Å². The van der Waals surface area contributed by atoms with Crippen molar-refractivity contribution in [3.8, 4) is 5.75 Å². The zero-order valence-electron chi connectivity index (χ0n) is 14.2. The fraction of sp³-hybridized carbons (Fsp3) is 0.350. The van der Waals surface area contributed by atoms with E-state index in [4.69, 9.17) is 9.47 Å². The van der Waals surface area contributed by atoms with Crippen LogP contribution in [0.25, 0.3) is 0 Å². The summed E-state index contributed by atoms with van der Waals surface area (Å²) in [7, 11) is 0. The van der Waals surface area contributed by atoms with Crippen LogP contribution in [0.3, 0.4) is 0 Å². The van der Waals surface area contributed by atoms with Crippen LogP contribution in [-0.2, 0) is 4.74 Å². The van der Waals surface area contributed by atoms with Gasteiger partial charge in [-0.1, -0.05) is 17.7 Å². The van der Waals surface area contributed by atoms with E-state index in [0.29, 0.717) is 12.2 Å². The molecule has 2 aromatic carbocycles. The summed E-state index contributed by atoms with van der Waals surface area (Å²) in [4.78, 5) is 12.4. The zero-order valence-corrected chi connectivity index (χ0v) is 14.2. The highest BCUT2D eigenvalue weighted by Crippen LogP contribution is 2.19. The van der Waals surface area contributed by atoms with Crippen LogP contribution in [0.5, 0.6) is 5.75 Å². The molecule has 4 nitrogen and oxygen atoms in total. The van der Waals surface area contributed by atoms with Gasteiger partial charge in [0.15, 0.2) is 0 Å². The molecule has 0 radical (unpaired) electrons. The number of ether oxygens (including phenoxy) is 2. The SMILES string of the molecule is Cc1ccc(NC(=O)c2ccc(OC[C@H]3CCCO3)cc2)c(C)c1. The van der Waals surface area contributed by atoms with E-state index in [9.17, 15) is 4.79 Å². The number of carbonyl (C=O) groups excluding carboxylic acids is 1. The third kappa shape index (κ3) is 4.15. The molecule has 1 amide bonds. The quantitative estimate of drug-likeness (QED) is 0.900. The van der Waals surface area contributed by atoms with Gasteiger partial charge in [0.1, 0.15) is 12.4 Å². The Kier molecular flexibility index (Phi) is 5.16. The van der Waals surface area contributed by atoms with E-state index in [1.807, 2.05) is 38.1 Å². The normalized spacial score (nSPS) is 16.8. The van der Waals surface area contributed by atoms with Crippen LogP contribution >= 0.6 is 0 Å². The predicted molar refractivity (Wildman–Crippen MR) is 94.8 cm³/mol. The van der Waals surface area contributed by atoms with Gasteiger partial charge < -0.3 is 14.8 Å². The highest BCUT2D eigenvalue weighted by Gasteiger charge is 2.16. The van der Waals surface area contributed by atoms with Gasteiger partial charge in [0.25, 0.3) is 5.91 Å². The molecule has 0 aromatic heterocycles. The first-order valence-electron chi connectivity index (χ1n) is 8.35. The van der Waals surface area contributed by atoms with E-state index in [2.05, 4.69) is 11.4 Å². The van der Waals surface area contributed by atoms with Gasteiger partial charge in [0.05, 0.1) is 6.10 Å². The summed E-state index contributed by atoms with van der Waals surface area (Å²) in [6.45, 7) is 5.41. The Morgan fingerprint density at radius 2 is 2.00 bits per heavy atom. The Balaban J connectivity index is 1.58. The summed E-state index contributed by atoms with van der Waals surface area (Å²) in [5.41, 5.74) is 3.68. The van der Waals surface area contributed by atoms with E-state index in [1.165, 1.54) is 5.56 Å². The van der Waals surface area contributed by atoms with Gasteiger partial charge in [-0.25, -0.2) is 0 Å². The summed E-state index contributed by atoms with van der Waals surface area (Å²) >= 11 is 0. The first kappa shape index (κ1) is 16.5. The lowest BCUT2D eigenvalue weighted by Crippen LogP contribution is -2.16. The lowest BCUT2D eigenvalue weighted by Gasteiger charge is -2.12. The van der Waals surface area contributed by atoms with Crippen LogP contribution in [0, 0.1) is 13.8 Å². The Morgan fingerprint density at radius 3 is 2.67 bits per heavy atom. The minimum Gasteiger partial charge on any atom is -0.491 e. The van der Waals surface area contributed by atoms with Crippen molar-refractivity contribution in [2.45, 2.75) is 32.8 Å². The minimum atomic E-state index is -0.118. The molecule has 3 rings (SSSR count). The lowest BCUT2D eigenvalue weighted by molar-refractivity contribution is 0.0679. The Morgan fingerprint density at radius 1 is 1.21 bits per heavy atom. The van der Waals surface area contributed by atoms with Crippen molar-refractivity contribution in [1.82, 2.24) is 0 Å². The predicted octanol–water partition coefficient (Wildman–Crippen LogP) is 4.11. The third-order valence-electron chi connectivity index (χ3n) is 4.21. The topological polar surface area (TPSA) is 47.6 Å². The molecule has 4 heteroatoms. The van der Waals surface area contributed by atoms with Gasteiger partial charge in [-0.2, -0.15) is 0 Å². The molecule has 1 aliphatic heterocycles. The molecule has 1 N–H and O–H groups in total. The highest BCUT2D eigenvalue weighted by atomic mass is 16.5. The molecule has 0 unspecified atom stereocenters. The second kappa shape index (κ2) is 7.49. The molecule has 0 bridgehead atoms. The zero-order chi connectivity index (χ0) is 16.9. The van der Waals surface area contributed by atoms with Crippen LogP contribution in [0.4, 0.5) is 5.69 Å². The Bertz CT molecular complexity index is 703. The number of hydrogen-bond donors (Lipinski definition) is 1. The van der Waals surface area contributed by atoms with Crippen LogP contribution in [0.15, 0.2) is 42.5 Å². The second-order valence-electron chi connectivity index (χ2n) is 6.24. The minimum absolute atomic E-state index is 0.118. The van der Waals surface area contributed by atoms with E-state index in [0.717, 1.165) is 36.4 Å². The van der Waals surface area contributed by atoms with E-state index in [-0.39, 0.29) is 12.0 Å². The standard InChI is InChI=1S/C20H23NO3/c1-14-5-10-19(15(2)12-14)21-20(22)16-6-8-17(9-7-16)24-13-18-4-3-11-23-18/h5-10,12,18H,3-4,11,13H2,1-2H3,(H,21,22)/t18-/m1/s1. The smallest absolute Gasteiger partial charge is 0.255 e. The monoisotopic (exact) mass is 325 g/mol. The second-order valence-corrected chi connectivity index (χ2v) is 6.24. The number of amides is 1. The largest absolute Gasteiger partial charge is 0.491 e. The molecule has 1 heterocycles. The van der Waals surface area contributed by atoms with Crippen molar-refractivity contribution in [2.75, 3.05) is 18.5 Å². The van der Waals surface area contributed by atoms with Gasteiger partial charge in [0, 0.05) is 17.9 Å². The van der Waals surface area contributed by atoms with Crippen LogP contribution in [0.2, 0.25) is 0 Å². The highest BCUT2D eigenvalue weighted by molar-refractivity contribution is 6.04. The Labute approximate surface area is 142 Å². The van der Waals surface area contributed by atoms with E-state index >= 15 is 0 Å². The first-order valence-corrected chi connectivity index (χ1v) is 8.35. The number of benzene rings is 2. The number of nitrogens with one attached hydrogen (secondary N) is 1. The number of rotatable bonds is 5. The van der Waals surface area contributed by atoms with Gasteiger partial charge in [0.2, 0.25) is 0 Å². The summed E-state index contributed by atoms with van der Waals surface area (Å²) in [5, 5.41) is 2.95. The van der Waals surface area contributed by atoms with E-state index < -0.39 is 0 Å². The number of carbonyl (C=O) groups is 1. The summed E-state index contributed by atoms with van der Waals surface area (Å²) in [6, 6.07) is 13.2. The van der Waals surface area contributed by atoms with Crippen LogP contribution < -0.4 is 10.1 Å². The molecule has 2 aromatic rings. The molecule has 24 heavy (non-hydrogen) atoms. The maximum absolute atomic E-state index is 12.4. The molecule has 0 aliphatic carbocycles. The molecule has 1 fully saturated rings. The molecule has 0 saturated carbocycles. The molecule has 0 spiro atoms. The molecular formula is C20H23NO3. The van der Waals surface area contributed by atoms with Gasteiger partial charge in [-0.3, -0.25) is 4.79 Å². The van der Waals surface area contributed by atoms with Gasteiger partial charge in [-0.05, 0) is 62.6 Å². The maximum atomic E-state index is 12.4. The van der Waals surface area contributed by atoms with Crippen molar-refractivity contribution >= 4 is 11.6 Å². The summed E-state index contributed by atoms with van der Waals surface area (Å²) < 4.78 is 11.3. The average Bonchev–Trinajstić information content (AvgIpc) is 3.09. The lowest BCUT2D eigenvalue weighted by atomic mass is 10.1. The van der Waals surface area contributed by atoms with Crippen molar-refractivity contribution in [3.05, 3.63) is 59.2 Å². The molecule has 126 valence electrons. The van der Waals surface area contributed by atoms with Crippen LogP contribution in [-0.4, -0.2) is 25.2 Å². The fourth-order valence-corrected chi connectivity index (χ4v) is 2.82. The van der Waals surface area contributed by atoms with Crippen LogP contribution in [0.1, 0.15) is 34.3 Å². The summed E-state index contributed by atoms with van der Waals surface area (Å²) in [6.07, 6.45) is 2.35.